The molecule has 0 fully saturated rings. The van der Waals surface area contributed by atoms with E-state index >= 15 is 0 Å². The maximum atomic E-state index is 12.2. The first kappa shape index (κ1) is 13.5. The maximum Gasteiger partial charge on any atom is 0.241 e. The van der Waals surface area contributed by atoms with E-state index in [0.29, 0.717) is 11.3 Å². The van der Waals surface area contributed by atoms with Crippen LogP contribution in [0.5, 0.6) is 0 Å². The molecule has 0 amide bonds. The third kappa shape index (κ3) is 3.10. The number of nitrogens with one attached hydrogen (secondary N) is 1. The van der Waals surface area contributed by atoms with E-state index in [9.17, 15) is 8.42 Å². The quantitative estimate of drug-likeness (QED) is 0.828. The van der Waals surface area contributed by atoms with Gasteiger partial charge in [-0.25, -0.2) is 13.1 Å². The third-order valence-electron chi connectivity index (χ3n) is 2.80. The highest BCUT2D eigenvalue weighted by atomic mass is 32.2. The highest BCUT2D eigenvalue weighted by Gasteiger charge is 2.17. The summed E-state index contributed by atoms with van der Waals surface area (Å²) in [5.41, 5.74) is 7.54. The van der Waals surface area contributed by atoms with E-state index < -0.39 is 10.0 Å². The molecule has 1 heterocycles. The Hall–Kier alpha value is -1.92. The minimum Gasteiger partial charge on any atom is -0.398 e. The van der Waals surface area contributed by atoms with Crippen LogP contribution in [0.25, 0.3) is 0 Å². The molecule has 1 aromatic carbocycles. The Bertz CT molecular complexity index is 670. The Kier molecular flexibility index (Phi) is 3.82. The average molecular weight is 277 g/mol. The van der Waals surface area contributed by atoms with Gasteiger partial charge in [0.15, 0.2) is 0 Å². The normalized spacial score (nSPS) is 11.4. The average Bonchev–Trinajstić information content (AvgIpc) is 2.41. The molecule has 0 saturated heterocycles. The molecule has 3 N–H and O–H groups in total. The first-order valence-corrected chi connectivity index (χ1v) is 7.22. The van der Waals surface area contributed by atoms with Crippen LogP contribution in [0, 0.1) is 6.92 Å². The second-order valence-electron chi connectivity index (χ2n) is 4.16. The van der Waals surface area contributed by atoms with Gasteiger partial charge in [-0.15, -0.1) is 0 Å². The molecule has 0 atom stereocenters. The van der Waals surface area contributed by atoms with Gasteiger partial charge in [0.25, 0.3) is 0 Å². The summed E-state index contributed by atoms with van der Waals surface area (Å²) in [5, 5.41) is 0. The predicted octanol–water partition coefficient (Wildman–Crippen LogP) is 1.45. The number of hydrogen-bond acceptors (Lipinski definition) is 4. The smallest absolute Gasteiger partial charge is 0.241 e. The second kappa shape index (κ2) is 5.38. The second-order valence-corrected chi connectivity index (χ2v) is 5.89. The summed E-state index contributed by atoms with van der Waals surface area (Å²) >= 11 is 0. The zero-order valence-electron chi connectivity index (χ0n) is 10.5. The zero-order chi connectivity index (χ0) is 13.9. The van der Waals surface area contributed by atoms with Gasteiger partial charge in [-0.3, -0.25) is 4.98 Å². The monoisotopic (exact) mass is 277 g/mol. The van der Waals surface area contributed by atoms with Gasteiger partial charge >= 0.3 is 0 Å². The summed E-state index contributed by atoms with van der Waals surface area (Å²) in [4.78, 5) is 4.14. The molecule has 6 heteroatoms. The van der Waals surface area contributed by atoms with Crippen LogP contribution < -0.4 is 10.5 Å². The number of pyridine rings is 1. The van der Waals surface area contributed by atoms with Crippen molar-refractivity contribution in [1.82, 2.24) is 9.71 Å². The van der Waals surface area contributed by atoms with Gasteiger partial charge in [0.05, 0.1) is 4.90 Å². The summed E-state index contributed by atoms with van der Waals surface area (Å²) in [6.45, 7) is 1.89. The summed E-state index contributed by atoms with van der Waals surface area (Å²) in [7, 11) is -3.57. The van der Waals surface area contributed by atoms with Crippen molar-refractivity contribution in [3.63, 3.8) is 0 Å². The summed E-state index contributed by atoms with van der Waals surface area (Å²) in [6, 6.07) is 8.41. The van der Waals surface area contributed by atoms with Gasteiger partial charge in [-0.1, -0.05) is 12.1 Å². The molecule has 0 unspecified atom stereocenters. The minimum atomic E-state index is -3.57. The molecule has 0 saturated carbocycles. The molecular weight excluding hydrogens is 262 g/mol. The molecule has 19 heavy (non-hydrogen) atoms. The first-order valence-electron chi connectivity index (χ1n) is 5.74. The Morgan fingerprint density at radius 3 is 2.74 bits per heavy atom. The fourth-order valence-corrected chi connectivity index (χ4v) is 2.97. The first-order chi connectivity index (χ1) is 9.00. The zero-order valence-corrected chi connectivity index (χ0v) is 11.3. The molecule has 100 valence electrons. The Morgan fingerprint density at radius 1 is 1.26 bits per heavy atom. The van der Waals surface area contributed by atoms with Gasteiger partial charge in [-0.05, 0) is 36.2 Å². The number of rotatable bonds is 4. The maximum absolute atomic E-state index is 12.2. The lowest BCUT2D eigenvalue weighted by Gasteiger charge is -2.10. The lowest BCUT2D eigenvalue weighted by Crippen LogP contribution is -2.24. The van der Waals surface area contributed by atoms with Crippen molar-refractivity contribution in [2.75, 3.05) is 5.73 Å². The third-order valence-corrected chi connectivity index (χ3v) is 4.35. The summed E-state index contributed by atoms with van der Waals surface area (Å²) in [6.07, 6.45) is 3.26. The van der Waals surface area contributed by atoms with Gasteiger partial charge in [0.1, 0.15) is 0 Å². The molecule has 0 spiro atoms. The molecule has 1 aromatic heterocycles. The van der Waals surface area contributed by atoms with Crippen LogP contribution in [-0.2, 0) is 16.6 Å². The largest absolute Gasteiger partial charge is 0.398 e. The van der Waals surface area contributed by atoms with Crippen molar-refractivity contribution >= 4 is 15.7 Å². The van der Waals surface area contributed by atoms with Crippen molar-refractivity contribution in [3.05, 3.63) is 53.9 Å². The lowest BCUT2D eigenvalue weighted by atomic mass is 10.2. The standard InChI is InChI=1S/C13H15N3O2S/c1-10-12(14)5-2-6-13(10)19(17,18)16-9-11-4-3-7-15-8-11/h2-8,16H,9,14H2,1H3. The van der Waals surface area contributed by atoms with Gasteiger partial charge in [0.2, 0.25) is 10.0 Å². The molecule has 2 rings (SSSR count). The molecule has 0 aliphatic rings. The molecular formula is C13H15N3O2S. The van der Waals surface area contributed by atoms with Crippen LogP contribution in [0.2, 0.25) is 0 Å². The number of sulfonamides is 1. The number of aromatic nitrogens is 1. The molecule has 5 nitrogen and oxygen atoms in total. The van der Waals surface area contributed by atoms with Crippen LogP contribution in [-0.4, -0.2) is 13.4 Å². The van der Waals surface area contributed by atoms with Gasteiger partial charge in [-0.2, -0.15) is 0 Å². The predicted molar refractivity (Wildman–Crippen MR) is 73.9 cm³/mol. The number of nitrogens with zero attached hydrogens (tertiary/aromatic N) is 1. The highest BCUT2D eigenvalue weighted by Crippen LogP contribution is 2.20. The summed E-state index contributed by atoms with van der Waals surface area (Å²) in [5.74, 6) is 0. The number of anilines is 1. The number of nitrogens with two attached hydrogens (primary N) is 1. The van der Waals surface area contributed by atoms with E-state index in [1.54, 1.807) is 37.5 Å². The Labute approximate surface area is 112 Å². The highest BCUT2D eigenvalue weighted by molar-refractivity contribution is 7.89. The van der Waals surface area contributed by atoms with Crippen LogP contribution >= 0.6 is 0 Å². The molecule has 0 bridgehead atoms. The minimum absolute atomic E-state index is 0.199. The van der Waals surface area contributed by atoms with Crippen molar-refractivity contribution in [2.24, 2.45) is 0 Å². The lowest BCUT2D eigenvalue weighted by molar-refractivity contribution is 0.580. The number of benzene rings is 1. The molecule has 0 aliphatic heterocycles. The van der Waals surface area contributed by atoms with E-state index in [-0.39, 0.29) is 11.4 Å². The van der Waals surface area contributed by atoms with Gasteiger partial charge < -0.3 is 5.73 Å². The Balaban J connectivity index is 2.22. The van der Waals surface area contributed by atoms with Gasteiger partial charge in [0, 0.05) is 24.6 Å². The van der Waals surface area contributed by atoms with Crippen molar-refractivity contribution in [2.45, 2.75) is 18.4 Å². The van der Waals surface area contributed by atoms with Crippen molar-refractivity contribution in [3.8, 4) is 0 Å². The number of nitrogen functional groups attached to an aromatic ring is 1. The van der Waals surface area contributed by atoms with Crippen molar-refractivity contribution in [1.29, 1.82) is 0 Å². The summed E-state index contributed by atoms with van der Waals surface area (Å²) < 4.78 is 26.9. The van der Waals surface area contributed by atoms with Crippen LogP contribution in [0.1, 0.15) is 11.1 Å². The van der Waals surface area contributed by atoms with Crippen molar-refractivity contribution < 1.29 is 8.42 Å². The van der Waals surface area contributed by atoms with Crippen LogP contribution in [0.15, 0.2) is 47.6 Å². The van der Waals surface area contributed by atoms with E-state index in [1.165, 1.54) is 6.07 Å². The molecule has 0 aliphatic carbocycles. The SMILES string of the molecule is Cc1c(N)cccc1S(=O)(=O)NCc1cccnc1. The fraction of sp³-hybridized carbons (Fsp3) is 0.154. The number of hydrogen-bond donors (Lipinski definition) is 2. The van der Waals surface area contributed by atoms with E-state index in [4.69, 9.17) is 5.73 Å². The van der Waals surface area contributed by atoms with E-state index in [2.05, 4.69) is 9.71 Å². The van der Waals surface area contributed by atoms with E-state index in [0.717, 1.165) is 5.56 Å². The Morgan fingerprint density at radius 2 is 2.05 bits per heavy atom. The molecule has 0 radical (unpaired) electrons. The van der Waals surface area contributed by atoms with Crippen LogP contribution in [0.3, 0.4) is 0 Å². The fourth-order valence-electron chi connectivity index (χ4n) is 1.68. The molecule has 2 aromatic rings. The topological polar surface area (TPSA) is 85.1 Å². The van der Waals surface area contributed by atoms with E-state index in [1.807, 2.05) is 6.07 Å². The van der Waals surface area contributed by atoms with Crippen LogP contribution in [0.4, 0.5) is 5.69 Å².